The largest absolute Gasteiger partial charge is 0.250 e. The summed E-state index contributed by atoms with van der Waals surface area (Å²) in [7, 11) is 0. The molecule has 1 aromatic carbocycles. The lowest BCUT2D eigenvalue weighted by molar-refractivity contribution is 1.11. The van der Waals surface area contributed by atoms with E-state index in [1.807, 2.05) is 12.3 Å². The second-order valence-electron chi connectivity index (χ2n) is 4.04. The Kier molecular flexibility index (Phi) is 3.30. The van der Waals surface area contributed by atoms with Gasteiger partial charge in [0.15, 0.2) is 0 Å². The maximum Gasteiger partial charge on any atom is 0.104 e. The van der Waals surface area contributed by atoms with Crippen molar-refractivity contribution >= 4 is 33.3 Å². The molecule has 0 N–H and O–H groups in total. The second-order valence-corrected chi connectivity index (χ2v) is 6.15. The van der Waals surface area contributed by atoms with Crippen LogP contribution >= 0.6 is 23.1 Å². The van der Waals surface area contributed by atoms with Crippen molar-refractivity contribution < 1.29 is 0 Å². The number of aromatic nitrogens is 2. The van der Waals surface area contributed by atoms with Crippen LogP contribution in [0.3, 0.4) is 0 Å². The molecule has 0 unspecified atom stereocenters. The topological polar surface area (TPSA) is 25.8 Å². The number of thiazole rings is 1. The number of hydrogen-bond donors (Lipinski definition) is 0. The number of rotatable bonds is 3. The first kappa shape index (κ1) is 11.7. The number of fused-ring (bicyclic) bond motifs is 1. The first-order valence-electron chi connectivity index (χ1n) is 5.71. The molecule has 18 heavy (non-hydrogen) atoms. The summed E-state index contributed by atoms with van der Waals surface area (Å²) in [4.78, 5) is 9.00. The predicted octanol–water partition coefficient (Wildman–Crippen LogP) is 4.29. The molecule has 0 bridgehead atoms. The predicted molar refractivity (Wildman–Crippen MR) is 78.2 cm³/mol. The fraction of sp³-hybridized carbons (Fsp3) is 0.143. The van der Waals surface area contributed by atoms with Crippen molar-refractivity contribution in [3.8, 4) is 0 Å². The lowest BCUT2D eigenvalue weighted by Crippen LogP contribution is -1.82. The Hall–Kier alpha value is -1.39. The van der Waals surface area contributed by atoms with Gasteiger partial charge in [-0.15, -0.1) is 11.3 Å². The number of thioether (sulfide) groups is 1. The second kappa shape index (κ2) is 5.08. The number of nitrogens with zero attached hydrogens (tertiary/aromatic N) is 2. The van der Waals surface area contributed by atoms with E-state index < -0.39 is 0 Å². The summed E-state index contributed by atoms with van der Waals surface area (Å²) in [6, 6.07) is 12.4. The summed E-state index contributed by atoms with van der Waals surface area (Å²) in [5.74, 6) is 0.884. The van der Waals surface area contributed by atoms with Crippen LogP contribution in [0.4, 0.5) is 0 Å². The summed E-state index contributed by atoms with van der Waals surface area (Å²) in [6.45, 7) is 2.05. The third-order valence-electron chi connectivity index (χ3n) is 2.57. The molecule has 0 aliphatic rings. The number of hydrogen-bond acceptors (Lipinski definition) is 4. The quantitative estimate of drug-likeness (QED) is 0.665. The van der Waals surface area contributed by atoms with Gasteiger partial charge in [0, 0.05) is 6.20 Å². The van der Waals surface area contributed by atoms with Crippen LogP contribution in [0.15, 0.2) is 47.6 Å². The molecular weight excluding hydrogens is 260 g/mol. The van der Waals surface area contributed by atoms with Crippen molar-refractivity contribution in [2.75, 3.05) is 0 Å². The van der Waals surface area contributed by atoms with Crippen molar-refractivity contribution in [1.82, 2.24) is 9.97 Å². The van der Waals surface area contributed by atoms with Crippen molar-refractivity contribution in [1.29, 1.82) is 0 Å². The van der Waals surface area contributed by atoms with Gasteiger partial charge in [-0.2, -0.15) is 0 Å². The SMILES string of the molecule is Cc1ccc(SCc2nc3ccccc3s2)nc1. The minimum atomic E-state index is 0.884. The van der Waals surface area contributed by atoms with Gasteiger partial charge in [0.05, 0.1) is 21.0 Å². The first-order valence-corrected chi connectivity index (χ1v) is 7.51. The minimum absolute atomic E-state index is 0.884. The first-order chi connectivity index (χ1) is 8.81. The number of para-hydroxylation sites is 1. The zero-order chi connectivity index (χ0) is 12.4. The molecule has 4 heteroatoms. The van der Waals surface area contributed by atoms with E-state index in [0.29, 0.717) is 0 Å². The number of aryl methyl sites for hydroxylation is 1. The normalized spacial score (nSPS) is 10.9. The lowest BCUT2D eigenvalue weighted by Gasteiger charge is -1.98. The van der Waals surface area contributed by atoms with Gasteiger partial charge >= 0.3 is 0 Å². The van der Waals surface area contributed by atoms with Crippen LogP contribution in [0.25, 0.3) is 10.2 Å². The van der Waals surface area contributed by atoms with E-state index in [-0.39, 0.29) is 0 Å². The summed E-state index contributed by atoms with van der Waals surface area (Å²) in [6.07, 6.45) is 1.90. The van der Waals surface area contributed by atoms with Crippen LogP contribution in [0.1, 0.15) is 10.6 Å². The van der Waals surface area contributed by atoms with E-state index >= 15 is 0 Å². The van der Waals surface area contributed by atoms with E-state index in [4.69, 9.17) is 0 Å². The highest BCUT2D eigenvalue weighted by Crippen LogP contribution is 2.27. The molecule has 0 saturated carbocycles. The maximum atomic E-state index is 4.62. The molecule has 3 aromatic rings. The summed E-state index contributed by atoms with van der Waals surface area (Å²) >= 11 is 3.49. The molecule has 0 aliphatic heterocycles. The zero-order valence-electron chi connectivity index (χ0n) is 9.96. The van der Waals surface area contributed by atoms with Crippen LogP contribution < -0.4 is 0 Å². The Morgan fingerprint density at radius 2 is 2.06 bits per heavy atom. The van der Waals surface area contributed by atoms with E-state index in [9.17, 15) is 0 Å². The summed E-state index contributed by atoms with van der Waals surface area (Å²) in [5.41, 5.74) is 2.29. The molecule has 0 amide bonds. The molecule has 0 radical (unpaired) electrons. The van der Waals surface area contributed by atoms with Gasteiger partial charge in [0.2, 0.25) is 0 Å². The third kappa shape index (κ3) is 2.54. The van der Waals surface area contributed by atoms with Crippen molar-refractivity contribution in [2.45, 2.75) is 17.7 Å². The van der Waals surface area contributed by atoms with Crippen molar-refractivity contribution in [2.24, 2.45) is 0 Å². The van der Waals surface area contributed by atoms with Gasteiger partial charge in [0.25, 0.3) is 0 Å². The molecule has 2 aromatic heterocycles. The fourth-order valence-corrected chi connectivity index (χ4v) is 3.46. The molecule has 90 valence electrons. The van der Waals surface area contributed by atoms with Gasteiger partial charge in [-0.25, -0.2) is 9.97 Å². The molecule has 0 atom stereocenters. The highest BCUT2D eigenvalue weighted by atomic mass is 32.2. The average Bonchev–Trinajstić information content (AvgIpc) is 2.81. The molecule has 0 saturated heterocycles. The monoisotopic (exact) mass is 272 g/mol. The van der Waals surface area contributed by atoms with Crippen LogP contribution in [0.5, 0.6) is 0 Å². The molecule has 0 spiro atoms. The summed E-state index contributed by atoms with van der Waals surface area (Å²) in [5, 5.41) is 2.21. The molecule has 0 fully saturated rings. The van der Waals surface area contributed by atoms with E-state index in [1.54, 1.807) is 23.1 Å². The van der Waals surface area contributed by atoms with E-state index in [2.05, 4.69) is 47.2 Å². The molecule has 2 nitrogen and oxygen atoms in total. The molecule has 0 aliphatic carbocycles. The van der Waals surface area contributed by atoms with Gasteiger partial charge in [-0.3, -0.25) is 0 Å². The Labute approximate surface area is 114 Å². The Bertz CT molecular complexity index is 626. The van der Waals surface area contributed by atoms with E-state index in [1.165, 1.54) is 10.3 Å². The van der Waals surface area contributed by atoms with Crippen molar-refractivity contribution in [3.05, 3.63) is 53.2 Å². The number of pyridine rings is 1. The Balaban J connectivity index is 1.74. The van der Waals surface area contributed by atoms with Crippen LogP contribution in [0.2, 0.25) is 0 Å². The standard InChI is InChI=1S/C14H12N2S2/c1-10-6-7-13(15-8-10)17-9-14-16-11-4-2-3-5-12(11)18-14/h2-8H,9H2,1H3. The summed E-state index contributed by atoms with van der Waals surface area (Å²) < 4.78 is 1.25. The van der Waals surface area contributed by atoms with Crippen LogP contribution in [-0.4, -0.2) is 9.97 Å². The molecular formula is C14H12N2S2. The fourth-order valence-electron chi connectivity index (χ4n) is 1.66. The molecule has 2 heterocycles. The van der Waals surface area contributed by atoms with Gasteiger partial charge in [-0.1, -0.05) is 30.0 Å². The van der Waals surface area contributed by atoms with E-state index in [0.717, 1.165) is 21.3 Å². The maximum absolute atomic E-state index is 4.62. The van der Waals surface area contributed by atoms with Crippen LogP contribution in [0, 0.1) is 6.92 Å². The number of benzene rings is 1. The van der Waals surface area contributed by atoms with Gasteiger partial charge in [-0.05, 0) is 30.7 Å². The smallest absolute Gasteiger partial charge is 0.104 e. The van der Waals surface area contributed by atoms with Gasteiger partial charge < -0.3 is 0 Å². The van der Waals surface area contributed by atoms with Crippen LogP contribution in [-0.2, 0) is 5.75 Å². The minimum Gasteiger partial charge on any atom is -0.250 e. The molecule has 3 rings (SSSR count). The Morgan fingerprint density at radius 1 is 1.17 bits per heavy atom. The lowest BCUT2D eigenvalue weighted by atomic mass is 10.3. The zero-order valence-corrected chi connectivity index (χ0v) is 11.6. The average molecular weight is 272 g/mol. The Morgan fingerprint density at radius 3 is 2.83 bits per heavy atom. The highest BCUT2D eigenvalue weighted by molar-refractivity contribution is 7.98. The third-order valence-corrected chi connectivity index (χ3v) is 4.74. The highest BCUT2D eigenvalue weighted by Gasteiger charge is 2.04. The van der Waals surface area contributed by atoms with Gasteiger partial charge in [0.1, 0.15) is 5.01 Å². The van der Waals surface area contributed by atoms with Crippen molar-refractivity contribution in [3.63, 3.8) is 0 Å².